The van der Waals surface area contributed by atoms with E-state index in [1.807, 2.05) is 88.3 Å². The van der Waals surface area contributed by atoms with Crippen LogP contribution in [0.1, 0.15) is 62.4 Å². The third kappa shape index (κ3) is 7.44. The van der Waals surface area contributed by atoms with Crippen LogP contribution in [-0.4, -0.2) is 20.5 Å². The molecule has 0 N–H and O–H groups in total. The van der Waals surface area contributed by atoms with Gasteiger partial charge in [-0.05, 0) is 113 Å². The number of hydrogen-bond acceptors (Lipinski definition) is 3. The molecule has 1 aliphatic heterocycles. The van der Waals surface area contributed by atoms with Crippen LogP contribution in [0.3, 0.4) is 0 Å². The zero-order valence-corrected chi connectivity index (χ0v) is 38.0. The van der Waals surface area contributed by atoms with Gasteiger partial charge in [0.05, 0.1) is 17.3 Å². The summed E-state index contributed by atoms with van der Waals surface area (Å²) in [5, 5.41) is 2.00. The van der Waals surface area contributed by atoms with E-state index < -0.39 is 13.7 Å². The molecule has 4 heterocycles. The predicted molar refractivity (Wildman–Crippen MR) is 255 cm³/mol. The van der Waals surface area contributed by atoms with E-state index in [0.717, 1.165) is 72.4 Å². The van der Waals surface area contributed by atoms with E-state index in [-0.39, 0.29) is 43.2 Å². The normalized spacial score (nSPS) is 14.1. The minimum Gasteiger partial charge on any atom is -0.509 e. The van der Waals surface area contributed by atoms with Gasteiger partial charge in [-0.15, -0.1) is 29.1 Å². The second kappa shape index (κ2) is 16.2. The third-order valence-electron chi connectivity index (χ3n) is 11.6. The van der Waals surface area contributed by atoms with Gasteiger partial charge in [-0.1, -0.05) is 103 Å². The smallest absolute Gasteiger partial charge is 0.509 e. The number of aryl methyl sites for hydroxylation is 5. The summed E-state index contributed by atoms with van der Waals surface area (Å²) >= 11 is 0. The van der Waals surface area contributed by atoms with Crippen molar-refractivity contribution in [2.24, 2.45) is 0 Å². The van der Waals surface area contributed by atoms with Crippen molar-refractivity contribution in [3.05, 3.63) is 185 Å². The number of nitrogens with zero attached hydrogens (tertiary/aromatic N) is 5. The molecule has 310 valence electrons. The van der Waals surface area contributed by atoms with E-state index in [1.54, 1.807) is 18.3 Å². The van der Waals surface area contributed by atoms with Crippen LogP contribution in [0.25, 0.3) is 49.9 Å². The molecule has 0 bridgehead atoms. The van der Waals surface area contributed by atoms with Crippen LogP contribution in [0, 0.1) is 46.6 Å². The topological polar surface area (TPSA) is 46.0 Å². The van der Waals surface area contributed by atoms with Crippen LogP contribution in [0.15, 0.2) is 140 Å². The van der Waals surface area contributed by atoms with Crippen molar-refractivity contribution in [3.63, 3.8) is 0 Å². The molecule has 0 amide bonds. The van der Waals surface area contributed by atoms with Gasteiger partial charge in [0.15, 0.2) is 0 Å². The molecule has 10 rings (SSSR count). The van der Waals surface area contributed by atoms with Gasteiger partial charge in [-0.25, -0.2) is 4.98 Å². The van der Waals surface area contributed by atoms with E-state index in [1.165, 1.54) is 18.2 Å². The monoisotopic (exact) mass is 1010 g/mol. The van der Waals surface area contributed by atoms with Crippen LogP contribution in [0.2, 0.25) is 0 Å². The average Bonchev–Trinajstić information content (AvgIpc) is 3.84. The van der Waals surface area contributed by atoms with Crippen LogP contribution < -0.4 is 13.9 Å². The van der Waals surface area contributed by atoms with Crippen molar-refractivity contribution in [1.82, 2.24) is 23.7 Å². The number of pyridine rings is 2. The van der Waals surface area contributed by atoms with Crippen molar-refractivity contribution in [3.8, 4) is 39.6 Å². The summed E-state index contributed by atoms with van der Waals surface area (Å²) in [6.07, 6.45) is 5.49. The fourth-order valence-electron chi connectivity index (χ4n) is 8.82. The van der Waals surface area contributed by atoms with E-state index in [0.29, 0.717) is 28.4 Å². The minimum absolute atomic E-state index is 0. The molecule has 1 aliphatic rings. The Morgan fingerprint density at radius 2 is 1.38 bits per heavy atom. The Labute approximate surface area is 392 Å². The van der Waals surface area contributed by atoms with Crippen LogP contribution in [0.4, 0.5) is 22.7 Å². The van der Waals surface area contributed by atoms with Gasteiger partial charge in [0.2, 0.25) is 5.69 Å². The molecule has 0 unspecified atom stereocenters. The Bertz CT molecular complexity index is 3540. The maximum Gasteiger partial charge on any atom is 2.00 e. The number of hydrogen-bond donors (Lipinski definition) is 0. The minimum atomic E-state index is -2.59. The molecule has 63 heavy (non-hydrogen) atoms. The molecular weight excluding hydrogens is 954 g/mol. The van der Waals surface area contributed by atoms with Crippen molar-refractivity contribution < 1.29 is 34.0 Å². The van der Waals surface area contributed by atoms with E-state index in [9.17, 15) is 0 Å². The first-order valence-corrected chi connectivity index (χ1v) is 20.6. The summed E-state index contributed by atoms with van der Waals surface area (Å²) < 4.78 is 63.5. The van der Waals surface area contributed by atoms with Crippen molar-refractivity contribution in [2.45, 2.75) is 60.7 Å². The first-order valence-electron chi connectivity index (χ1n) is 23.6. The van der Waals surface area contributed by atoms with Gasteiger partial charge in [0.25, 0.3) is 11.4 Å². The van der Waals surface area contributed by atoms with Gasteiger partial charge < -0.3 is 9.30 Å². The fourth-order valence-corrected chi connectivity index (χ4v) is 8.82. The Kier molecular flexibility index (Phi) is 8.96. The fraction of sp³-hybridized carbons (Fsp3) is 0.161. The zero-order chi connectivity index (χ0) is 47.9. The van der Waals surface area contributed by atoms with E-state index in [2.05, 4.69) is 93.5 Å². The summed E-state index contributed by atoms with van der Waals surface area (Å²) in [5.74, 6) is 1.67. The molecule has 3 aromatic heterocycles. The SMILES string of the molecule is [2H]C([2H])([2H])c1cccc(C([2H])([2H])[2H])c1-c1ccccc1[N+]1=C=[N+](c2[c-]c(Oc3[c-]c4c(cc3)c3ccncc3n4-c3cc(C(C)(C)C)ccn3)cc(-c3c(C)cc(C)cc3C)c2)c2ccccc21.[Pt+2]. The maximum absolute atomic E-state index is 8.47. The quantitative estimate of drug-likeness (QED) is 0.118. The second-order valence-corrected chi connectivity index (χ2v) is 17.0. The van der Waals surface area contributed by atoms with Crippen molar-refractivity contribution >= 4 is 50.6 Å². The van der Waals surface area contributed by atoms with Crippen molar-refractivity contribution in [1.29, 1.82) is 0 Å². The Balaban J connectivity index is 0.00000593. The molecule has 0 saturated carbocycles. The van der Waals surface area contributed by atoms with E-state index >= 15 is 0 Å². The molecule has 6 nitrogen and oxygen atoms in total. The predicted octanol–water partition coefficient (Wildman–Crippen LogP) is 14.0. The zero-order valence-electron chi connectivity index (χ0n) is 41.7. The van der Waals surface area contributed by atoms with Gasteiger partial charge >= 0.3 is 27.1 Å². The van der Waals surface area contributed by atoms with Crippen LogP contribution >= 0.6 is 0 Å². The molecule has 0 aliphatic carbocycles. The van der Waals surface area contributed by atoms with Gasteiger partial charge in [-0.3, -0.25) is 4.98 Å². The number of ether oxygens (including phenoxy) is 1. The summed E-state index contributed by atoms with van der Waals surface area (Å²) in [6.45, 7) is 7.68. The standard InChI is InChI=1S/C56H47N5O.Pt/c1-35-26-38(4)54(39(5)27-35)40-28-42(59-34-60(50-19-12-11-18-49(50)59)48-17-10-9-16-47(48)55-36(2)14-13-15-37(55)3)31-44(29-40)62-43-20-21-45-46-23-24-57-33-52(46)61(51(45)32-43)53-30-41(22-25-58-53)56(6,7)8;/h9-30,33H,1-8H3;/q;+2/i2D3,3D3;. The second-order valence-electron chi connectivity index (χ2n) is 17.0. The molecular formula is C56H47N5OPt+2. The average molecular weight is 1010 g/mol. The van der Waals surface area contributed by atoms with Crippen molar-refractivity contribution in [2.75, 3.05) is 0 Å². The number of para-hydroxylation sites is 3. The molecule has 0 fully saturated rings. The molecule has 0 saturated heterocycles. The summed E-state index contributed by atoms with van der Waals surface area (Å²) in [6, 6.07) is 48.8. The van der Waals surface area contributed by atoms with Gasteiger partial charge in [0, 0.05) is 50.3 Å². The molecule has 9 aromatic rings. The molecule has 7 heteroatoms. The Morgan fingerprint density at radius 1 is 0.667 bits per heavy atom. The summed E-state index contributed by atoms with van der Waals surface area (Å²) in [7, 11) is 0. The summed E-state index contributed by atoms with van der Waals surface area (Å²) in [5.41, 5.74) is 11.3. The maximum atomic E-state index is 8.47. The molecule has 0 atom stereocenters. The third-order valence-corrected chi connectivity index (χ3v) is 11.6. The Morgan fingerprint density at radius 3 is 2.11 bits per heavy atom. The first kappa shape index (κ1) is 34.8. The molecule has 6 aromatic carbocycles. The summed E-state index contributed by atoms with van der Waals surface area (Å²) in [4.78, 5) is 9.32. The number of benzene rings is 6. The van der Waals surface area contributed by atoms with Gasteiger partial charge in [0.1, 0.15) is 11.5 Å². The molecule has 0 spiro atoms. The number of rotatable bonds is 7. The van der Waals surface area contributed by atoms with Gasteiger partial charge in [-0.2, -0.15) is 6.07 Å². The number of aromatic nitrogens is 3. The van der Waals surface area contributed by atoms with E-state index in [4.69, 9.17) is 17.9 Å². The first-order chi connectivity index (χ1) is 32.3. The largest absolute Gasteiger partial charge is 2.00 e. The number of fused-ring (bicyclic) bond motifs is 4. The van der Waals surface area contributed by atoms with Crippen LogP contribution in [-0.2, 0) is 26.5 Å². The molecule has 0 radical (unpaired) electrons. The Hall–Kier alpha value is -6.71. The van der Waals surface area contributed by atoms with Crippen LogP contribution in [0.5, 0.6) is 11.5 Å².